The lowest BCUT2D eigenvalue weighted by molar-refractivity contribution is 1.70. The average Bonchev–Trinajstić information content (AvgIpc) is 3.04. The van der Waals surface area contributed by atoms with E-state index in [-0.39, 0.29) is 0 Å². The third-order valence-electron chi connectivity index (χ3n) is 7.86. The first-order valence-electron chi connectivity index (χ1n) is 13.8. The van der Waals surface area contributed by atoms with Crippen molar-refractivity contribution in [1.82, 2.24) is 0 Å². The van der Waals surface area contributed by atoms with Gasteiger partial charge in [-0.25, -0.2) is 0 Å². The van der Waals surface area contributed by atoms with Crippen molar-refractivity contribution >= 4 is 74.8 Å². The standard InChI is InChI=1S/C36H28Si4/c1-5-16-30(17-6-1)38-32-20-13-15-29(27-32)37-40(34-22-9-3-10-23-34,35-24-11-4-12-25-35)36-26-14-21-33(28-36)39(38)31-18-7-2-8-19-31/h1-28H. The fraction of sp³-hybridized carbons (Fsp3) is 0. The lowest BCUT2D eigenvalue weighted by atomic mass is 10.3. The Morgan fingerprint density at radius 3 is 1.27 bits per heavy atom. The summed E-state index contributed by atoms with van der Waals surface area (Å²) in [5.74, 6) is 0. The minimum Gasteiger partial charge on any atom is -0.0661 e. The molecule has 0 amide bonds. The summed E-state index contributed by atoms with van der Waals surface area (Å²) in [7, 11) is -3.89. The van der Waals surface area contributed by atoms with Crippen molar-refractivity contribution < 1.29 is 0 Å². The first kappa shape index (κ1) is 25.2. The van der Waals surface area contributed by atoms with E-state index in [4.69, 9.17) is 0 Å². The van der Waals surface area contributed by atoms with Crippen LogP contribution in [0.15, 0.2) is 170 Å². The highest BCUT2D eigenvalue weighted by atomic mass is 29.2. The van der Waals surface area contributed by atoms with Crippen LogP contribution in [0.1, 0.15) is 0 Å². The molecule has 1 heterocycles. The van der Waals surface area contributed by atoms with Crippen LogP contribution in [0.4, 0.5) is 0 Å². The maximum Gasteiger partial charge on any atom is 0.139 e. The van der Waals surface area contributed by atoms with Crippen molar-refractivity contribution in [3.05, 3.63) is 170 Å². The second kappa shape index (κ2) is 11.0. The number of fused-ring (bicyclic) bond motifs is 4. The van der Waals surface area contributed by atoms with Crippen molar-refractivity contribution in [3.8, 4) is 0 Å². The average molecular weight is 573 g/mol. The van der Waals surface area contributed by atoms with E-state index in [0.717, 1.165) is 0 Å². The Balaban J connectivity index is 1.57. The monoisotopic (exact) mass is 572 g/mol. The quantitative estimate of drug-likeness (QED) is 0.284. The van der Waals surface area contributed by atoms with Gasteiger partial charge in [0.25, 0.3) is 0 Å². The van der Waals surface area contributed by atoms with Crippen LogP contribution in [0.5, 0.6) is 0 Å². The van der Waals surface area contributed by atoms with Crippen molar-refractivity contribution in [3.63, 3.8) is 0 Å². The first-order valence-corrected chi connectivity index (χ1v) is 21.8. The third-order valence-corrected chi connectivity index (χ3v) is 26.1. The van der Waals surface area contributed by atoms with E-state index in [9.17, 15) is 0 Å². The molecular formula is C36H28Si4. The molecule has 0 fully saturated rings. The van der Waals surface area contributed by atoms with Gasteiger partial charge in [-0.2, -0.15) is 0 Å². The van der Waals surface area contributed by atoms with Crippen molar-refractivity contribution in [2.24, 2.45) is 0 Å². The van der Waals surface area contributed by atoms with E-state index < -0.39 is 24.2 Å². The van der Waals surface area contributed by atoms with Gasteiger partial charge in [-0.05, 0) is 0 Å². The molecule has 0 spiro atoms. The molecule has 0 unspecified atom stereocenters. The molecule has 0 atom stereocenters. The summed E-state index contributed by atoms with van der Waals surface area (Å²) in [5.41, 5.74) is 0. The fourth-order valence-corrected chi connectivity index (χ4v) is 24.7. The highest BCUT2D eigenvalue weighted by molar-refractivity contribution is 7.47. The summed E-state index contributed by atoms with van der Waals surface area (Å²) in [5, 5.41) is 12.1. The van der Waals surface area contributed by atoms with Gasteiger partial charge in [0.05, 0.1) is 9.04 Å². The molecule has 4 bridgehead atoms. The SMILES string of the molecule is c1ccc([Si]2c3cccc(c3)[Si][Si](c3ccccc3)(c3ccccc3)c3cccc(c3)[Si]2c2ccccc2)cc1. The summed E-state index contributed by atoms with van der Waals surface area (Å²) in [6.07, 6.45) is 0. The van der Waals surface area contributed by atoms with Crippen LogP contribution in [0.2, 0.25) is 0 Å². The smallest absolute Gasteiger partial charge is 0.0661 e. The van der Waals surface area contributed by atoms with Gasteiger partial charge in [0, 0.05) is 0 Å². The second-order valence-corrected chi connectivity index (χ2v) is 24.1. The molecule has 0 aliphatic carbocycles. The summed E-state index contributed by atoms with van der Waals surface area (Å²) < 4.78 is 0. The van der Waals surface area contributed by atoms with Crippen LogP contribution >= 0.6 is 0 Å². The molecule has 188 valence electrons. The molecule has 0 aromatic heterocycles. The predicted octanol–water partition coefficient (Wildman–Crippen LogP) is 1.99. The minimum absolute atomic E-state index is 0.697. The van der Waals surface area contributed by atoms with E-state index in [1.807, 2.05) is 0 Å². The van der Waals surface area contributed by atoms with Gasteiger partial charge in [0.2, 0.25) is 0 Å². The lowest BCUT2D eigenvalue weighted by Crippen LogP contribution is -2.75. The normalized spacial score (nSPS) is 14.9. The molecule has 4 heteroatoms. The Morgan fingerprint density at radius 1 is 0.350 bits per heavy atom. The van der Waals surface area contributed by atoms with E-state index in [1.54, 1.807) is 0 Å². The molecule has 40 heavy (non-hydrogen) atoms. The van der Waals surface area contributed by atoms with Gasteiger partial charge in [-0.1, -0.05) is 211 Å². The molecule has 6 aromatic rings. The molecule has 0 saturated carbocycles. The molecule has 0 nitrogen and oxygen atoms in total. The minimum atomic E-state index is -2.36. The van der Waals surface area contributed by atoms with E-state index >= 15 is 0 Å². The number of hydrogen-bond donors (Lipinski definition) is 0. The molecule has 0 saturated heterocycles. The summed E-state index contributed by atoms with van der Waals surface area (Å²) >= 11 is 0. The topological polar surface area (TPSA) is 0 Å². The van der Waals surface area contributed by atoms with E-state index in [1.165, 1.54) is 41.5 Å². The molecule has 6 aromatic carbocycles. The highest BCUT2D eigenvalue weighted by Crippen LogP contribution is 2.10. The van der Waals surface area contributed by atoms with Crippen LogP contribution < -0.4 is 41.5 Å². The zero-order valence-electron chi connectivity index (χ0n) is 22.2. The summed E-state index contributed by atoms with van der Waals surface area (Å²) in [6.45, 7) is 0. The molecule has 4 radical (unpaired) electrons. The van der Waals surface area contributed by atoms with Crippen LogP contribution in [-0.2, 0) is 0 Å². The Labute approximate surface area is 243 Å². The molecule has 7 rings (SSSR count). The van der Waals surface area contributed by atoms with Gasteiger partial charge in [0.15, 0.2) is 0 Å². The summed E-state index contributed by atoms with van der Waals surface area (Å²) in [6, 6.07) is 65.1. The van der Waals surface area contributed by atoms with E-state index in [0.29, 0.717) is 9.04 Å². The summed E-state index contributed by atoms with van der Waals surface area (Å²) in [4.78, 5) is 0. The van der Waals surface area contributed by atoms with Gasteiger partial charge in [0.1, 0.15) is 24.2 Å². The highest BCUT2D eigenvalue weighted by Gasteiger charge is 2.42. The lowest BCUT2D eigenvalue weighted by Gasteiger charge is -2.36. The Bertz CT molecular complexity index is 1680. The number of benzene rings is 6. The number of rotatable bonds is 4. The van der Waals surface area contributed by atoms with Crippen LogP contribution in [0, 0.1) is 0 Å². The van der Waals surface area contributed by atoms with Crippen molar-refractivity contribution in [1.29, 1.82) is 0 Å². The van der Waals surface area contributed by atoms with Crippen molar-refractivity contribution in [2.75, 3.05) is 0 Å². The first-order chi connectivity index (χ1) is 19.8. The molecule has 1 aliphatic heterocycles. The zero-order valence-corrected chi connectivity index (χ0v) is 26.2. The van der Waals surface area contributed by atoms with Crippen LogP contribution in [0.3, 0.4) is 0 Å². The van der Waals surface area contributed by atoms with Gasteiger partial charge < -0.3 is 0 Å². The molecular weight excluding hydrogens is 545 g/mol. The second-order valence-electron chi connectivity index (χ2n) is 10.3. The predicted molar refractivity (Wildman–Crippen MR) is 179 cm³/mol. The molecule has 0 N–H and O–H groups in total. The number of hydrogen-bond acceptors (Lipinski definition) is 0. The largest absolute Gasteiger partial charge is 0.139 e. The van der Waals surface area contributed by atoms with Gasteiger partial charge in [-0.15, -0.1) is 0 Å². The Hall–Kier alpha value is -3.81. The van der Waals surface area contributed by atoms with Crippen LogP contribution in [-0.4, -0.2) is 33.3 Å². The third kappa shape index (κ3) is 4.53. The van der Waals surface area contributed by atoms with Crippen LogP contribution in [0.25, 0.3) is 0 Å². The van der Waals surface area contributed by atoms with Gasteiger partial charge in [-0.3, -0.25) is 0 Å². The maximum absolute atomic E-state index is 2.64. The van der Waals surface area contributed by atoms with Gasteiger partial charge >= 0.3 is 0 Å². The Morgan fingerprint density at radius 2 is 0.750 bits per heavy atom. The molecule has 1 aliphatic rings. The fourth-order valence-electron chi connectivity index (χ4n) is 6.09. The zero-order chi connectivity index (χ0) is 26.8. The van der Waals surface area contributed by atoms with E-state index in [2.05, 4.69) is 170 Å². The van der Waals surface area contributed by atoms with Crippen molar-refractivity contribution in [2.45, 2.75) is 0 Å². The Kier molecular flexibility index (Phi) is 6.91. The maximum atomic E-state index is 2.64.